The van der Waals surface area contributed by atoms with Crippen LogP contribution in [0.2, 0.25) is 0 Å². The molecular weight excluding hydrogens is 592 g/mol. The van der Waals surface area contributed by atoms with E-state index in [1.165, 1.54) is 21.0 Å². The van der Waals surface area contributed by atoms with Gasteiger partial charge in [-0.25, -0.2) is 4.99 Å². The topological polar surface area (TPSA) is 251 Å². The largest absolute Gasteiger partial charge is 0.459 e. The van der Waals surface area contributed by atoms with Gasteiger partial charge in [-0.1, -0.05) is 0 Å². The minimum Gasteiger partial charge on any atom is -0.459 e. The van der Waals surface area contributed by atoms with Crippen LogP contribution >= 0.6 is 0 Å². The van der Waals surface area contributed by atoms with Crippen LogP contribution in [-0.4, -0.2) is 180 Å². The maximum absolute atomic E-state index is 12.2. The van der Waals surface area contributed by atoms with Gasteiger partial charge in [-0.05, 0) is 0 Å². The fourth-order valence-corrected chi connectivity index (χ4v) is 6.07. The van der Waals surface area contributed by atoms with Gasteiger partial charge < -0.3 is 74.6 Å². The Morgan fingerprint density at radius 3 is 1.93 bits per heavy atom. The predicted octanol–water partition coefficient (Wildman–Crippen LogP) is -5.39. The zero-order chi connectivity index (χ0) is 32.5. The Hall–Kier alpha value is -2.23. The molecule has 3 fully saturated rings. The normalized spacial score (nSPS) is 43.5. The summed E-state index contributed by atoms with van der Waals surface area (Å²) in [7, 11) is 4.79. The number of hydrogen-bond donors (Lipinski definition) is 8. The van der Waals surface area contributed by atoms with Crippen LogP contribution in [0.25, 0.3) is 0 Å². The number of carbonyl (C=O) groups excluding carboxylic acids is 2. The Morgan fingerprint density at radius 1 is 0.841 bits per heavy atom. The molecular formula is C26H44N4O14. The zero-order valence-electron chi connectivity index (χ0n) is 25.1. The van der Waals surface area contributed by atoms with Crippen molar-refractivity contribution in [1.82, 2.24) is 15.5 Å². The van der Waals surface area contributed by atoms with Crippen molar-refractivity contribution in [1.29, 1.82) is 0 Å². The number of ether oxygens (including phenoxy) is 6. The second-order valence-corrected chi connectivity index (χ2v) is 11.6. The van der Waals surface area contributed by atoms with Crippen molar-refractivity contribution >= 4 is 17.8 Å². The molecule has 1 saturated carbocycles. The smallest absolute Gasteiger partial charge is 0.287 e. The molecule has 2 amide bonds. The minimum absolute atomic E-state index is 0.149. The van der Waals surface area contributed by atoms with Crippen LogP contribution in [0, 0.1) is 5.92 Å². The Kier molecular flexibility index (Phi) is 11.4. The van der Waals surface area contributed by atoms with Crippen molar-refractivity contribution in [3.63, 3.8) is 0 Å². The summed E-state index contributed by atoms with van der Waals surface area (Å²) in [6.07, 6.45) is -14.5. The number of carbonyl (C=O) groups is 2. The fourth-order valence-electron chi connectivity index (χ4n) is 6.07. The first-order valence-electron chi connectivity index (χ1n) is 14.3. The van der Waals surface area contributed by atoms with E-state index in [0.717, 1.165) is 0 Å². The molecule has 0 bridgehead atoms. The summed E-state index contributed by atoms with van der Waals surface area (Å²) in [4.78, 5) is 30.1. The number of amidine groups is 1. The van der Waals surface area contributed by atoms with Gasteiger partial charge in [0.05, 0.1) is 31.8 Å². The SMILES string of the molecule is COCC1OC(OC2C(CO)OC(OC3C(O)C4N=C(N(C)C)OC4C3CO)C(NC(C)=O)C2O)C(NC(C)=O)C(O)C1O. The average molecular weight is 637 g/mol. The highest BCUT2D eigenvalue weighted by Gasteiger charge is 2.58. The monoisotopic (exact) mass is 636 g/mol. The van der Waals surface area contributed by atoms with Gasteiger partial charge >= 0.3 is 0 Å². The third kappa shape index (κ3) is 6.95. The van der Waals surface area contributed by atoms with E-state index in [1.807, 2.05) is 0 Å². The van der Waals surface area contributed by atoms with E-state index in [2.05, 4.69) is 15.6 Å². The second kappa shape index (κ2) is 14.5. The molecule has 15 atom stereocenters. The maximum atomic E-state index is 12.2. The summed E-state index contributed by atoms with van der Waals surface area (Å²) in [5, 5.41) is 69.3. The third-order valence-electron chi connectivity index (χ3n) is 8.17. The molecule has 0 radical (unpaired) electrons. The lowest BCUT2D eigenvalue weighted by atomic mass is 9.94. The molecule has 252 valence electrons. The molecule has 0 spiro atoms. The molecule has 2 saturated heterocycles. The Bertz CT molecular complexity index is 1040. The quantitative estimate of drug-likeness (QED) is 0.111. The van der Waals surface area contributed by atoms with Gasteiger partial charge in [0.1, 0.15) is 67.0 Å². The second-order valence-electron chi connectivity index (χ2n) is 11.6. The Balaban J connectivity index is 1.57. The van der Waals surface area contributed by atoms with Gasteiger partial charge in [-0.2, -0.15) is 0 Å². The zero-order valence-corrected chi connectivity index (χ0v) is 25.1. The molecule has 4 rings (SSSR count). The molecule has 0 aromatic carbocycles. The highest BCUT2D eigenvalue weighted by Crippen LogP contribution is 2.39. The van der Waals surface area contributed by atoms with Crippen molar-refractivity contribution in [3.8, 4) is 0 Å². The van der Waals surface area contributed by atoms with Gasteiger partial charge in [-0.15, -0.1) is 0 Å². The van der Waals surface area contributed by atoms with Crippen LogP contribution in [0.4, 0.5) is 0 Å². The molecule has 44 heavy (non-hydrogen) atoms. The fraction of sp³-hybridized carbons (Fsp3) is 0.885. The van der Waals surface area contributed by atoms with E-state index in [-0.39, 0.29) is 12.6 Å². The summed E-state index contributed by atoms with van der Waals surface area (Å²) < 4.78 is 34.8. The van der Waals surface area contributed by atoms with Gasteiger partial charge in [0, 0.05) is 35.1 Å². The Morgan fingerprint density at radius 2 is 1.41 bits per heavy atom. The molecule has 0 aromatic rings. The highest BCUT2D eigenvalue weighted by atomic mass is 16.7. The number of nitrogens with one attached hydrogen (secondary N) is 2. The first-order chi connectivity index (χ1) is 20.8. The van der Waals surface area contributed by atoms with Crippen LogP contribution in [0.15, 0.2) is 4.99 Å². The van der Waals surface area contributed by atoms with E-state index in [4.69, 9.17) is 28.4 Å². The molecule has 3 heterocycles. The van der Waals surface area contributed by atoms with E-state index in [9.17, 15) is 40.2 Å². The van der Waals surface area contributed by atoms with Gasteiger partial charge in [0.25, 0.3) is 6.02 Å². The molecule has 18 nitrogen and oxygen atoms in total. The van der Waals surface area contributed by atoms with Crippen LogP contribution in [0.3, 0.4) is 0 Å². The number of aliphatic hydroxyl groups excluding tert-OH is 6. The number of nitrogens with zero attached hydrogens (tertiary/aromatic N) is 2. The molecule has 3 aliphatic heterocycles. The van der Waals surface area contributed by atoms with Crippen molar-refractivity contribution in [2.45, 2.75) is 99.5 Å². The average Bonchev–Trinajstić information content (AvgIpc) is 3.50. The van der Waals surface area contributed by atoms with Crippen LogP contribution < -0.4 is 10.6 Å². The van der Waals surface area contributed by atoms with Crippen molar-refractivity contribution in [2.24, 2.45) is 10.9 Å². The lowest BCUT2D eigenvalue weighted by molar-refractivity contribution is -0.339. The Labute approximate surface area is 253 Å². The standard InChI is InChI=1S/C26H44N4O14/c1-9(33)27-15-18(36)17(35)13(8-39-5)41-24(15)43-23-12(7-32)40-25(16(20(23)38)28-10(2)34)42-22-11(6-31)21-14(19(22)37)29-26(44-21)30(3)4/h11-25,31-32,35-38H,6-8H2,1-5H3,(H,27,33)(H,28,34). The molecule has 18 heteroatoms. The van der Waals surface area contributed by atoms with E-state index in [1.54, 1.807) is 19.0 Å². The van der Waals surface area contributed by atoms with Crippen molar-refractivity contribution in [3.05, 3.63) is 0 Å². The number of rotatable bonds is 10. The maximum Gasteiger partial charge on any atom is 0.287 e. The van der Waals surface area contributed by atoms with Gasteiger partial charge in [0.15, 0.2) is 12.6 Å². The number of hydrogen-bond acceptors (Lipinski definition) is 16. The van der Waals surface area contributed by atoms with E-state index in [0.29, 0.717) is 0 Å². The van der Waals surface area contributed by atoms with Crippen LogP contribution in [0.5, 0.6) is 0 Å². The van der Waals surface area contributed by atoms with E-state index < -0.39 is 117 Å². The molecule has 8 N–H and O–H groups in total. The lowest BCUT2D eigenvalue weighted by Crippen LogP contribution is -2.69. The molecule has 1 aliphatic carbocycles. The van der Waals surface area contributed by atoms with Crippen LogP contribution in [-0.2, 0) is 38.0 Å². The minimum atomic E-state index is -1.64. The first kappa shape index (κ1) is 34.6. The predicted molar refractivity (Wildman–Crippen MR) is 146 cm³/mol. The summed E-state index contributed by atoms with van der Waals surface area (Å²) >= 11 is 0. The number of fused-ring (bicyclic) bond motifs is 1. The van der Waals surface area contributed by atoms with Crippen LogP contribution in [0.1, 0.15) is 13.8 Å². The first-order valence-corrected chi connectivity index (χ1v) is 14.3. The van der Waals surface area contributed by atoms with Crippen molar-refractivity contribution < 1.29 is 68.6 Å². The molecule has 15 unspecified atom stereocenters. The summed E-state index contributed by atoms with van der Waals surface area (Å²) in [5.74, 6) is -1.92. The summed E-state index contributed by atoms with van der Waals surface area (Å²) in [5.41, 5.74) is 0. The van der Waals surface area contributed by atoms with Gasteiger partial charge in [0.2, 0.25) is 11.8 Å². The van der Waals surface area contributed by atoms with Crippen molar-refractivity contribution in [2.75, 3.05) is 41.0 Å². The molecule has 4 aliphatic rings. The number of aliphatic imine (C=N–C) groups is 1. The number of aliphatic hydroxyl groups is 6. The number of amides is 2. The third-order valence-corrected chi connectivity index (χ3v) is 8.17. The van der Waals surface area contributed by atoms with Gasteiger partial charge in [-0.3, -0.25) is 9.59 Å². The van der Waals surface area contributed by atoms with E-state index >= 15 is 0 Å². The molecule has 0 aromatic heterocycles. The summed E-state index contributed by atoms with van der Waals surface area (Å²) in [6, 6.07) is -3.11. The lowest BCUT2D eigenvalue weighted by Gasteiger charge is -2.48. The highest BCUT2D eigenvalue weighted by molar-refractivity contribution is 5.76. The summed E-state index contributed by atoms with van der Waals surface area (Å²) in [6.45, 7) is 1.06. The number of methoxy groups -OCH3 is 1.